The van der Waals surface area contributed by atoms with E-state index in [9.17, 15) is 0 Å². The van der Waals surface area contributed by atoms with Gasteiger partial charge < -0.3 is 0 Å². The maximum atomic E-state index is 3.65. The van der Waals surface area contributed by atoms with Crippen molar-refractivity contribution in [2.24, 2.45) is 0 Å². The van der Waals surface area contributed by atoms with Crippen molar-refractivity contribution in [1.29, 1.82) is 0 Å². The standard InChI is InChI=1S/C13H15Br5/c1-2-8-9(3-14)11(5-16)13(7-18)12(6-17)10(8)4-15/h2-7H2,1H3. The summed E-state index contributed by atoms with van der Waals surface area (Å²) in [6.07, 6.45) is 1.07. The molecule has 0 saturated carbocycles. The predicted octanol–water partition coefficient (Wildman–Crippen LogP) is 6.72. The van der Waals surface area contributed by atoms with E-state index in [0.717, 1.165) is 33.1 Å². The van der Waals surface area contributed by atoms with Crippen molar-refractivity contribution in [3.8, 4) is 0 Å². The molecule has 0 saturated heterocycles. The number of rotatable bonds is 6. The third-order valence-electron chi connectivity index (χ3n) is 3.21. The van der Waals surface area contributed by atoms with Gasteiger partial charge in [-0.3, -0.25) is 0 Å². The molecule has 1 aromatic carbocycles. The first kappa shape index (κ1) is 17.7. The van der Waals surface area contributed by atoms with Crippen LogP contribution in [0.4, 0.5) is 0 Å². The molecule has 0 aliphatic rings. The van der Waals surface area contributed by atoms with Crippen molar-refractivity contribution in [2.75, 3.05) is 0 Å². The molecule has 0 nitrogen and oxygen atoms in total. The van der Waals surface area contributed by atoms with E-state index in [1.807, 2.05) is 0 Å². The summed E-state index contributed by atoms with van der Waals surface area (Å²) in [4.78, 5) is 0. The minimum atomic E-state index is 0.902. The minimum Gasteiger partial charge on any atom is -0.0876 e. The summed E-state index contributed by atoms with van der Waals surface area (Å²) in [5.41, 5.74) is 8.66. The molecular weight excluding hydrogens is 556 g/mol. The second-order valence-electron chi connectivity index (χ2n) is 3.89. The lowest BCUT2D eigenvalue weighted by Gasteiger charge is -2.22. The van der Waals surface area contributed by atoms with Crippen molar-refractivity contribution in [2.45, 2.75) is 40.0 Å². The van der Waals surface area contributed by atoms with Gasteiger partial charge in [-0.1, -0.05) is 86.6 Å². The molecule has 0 unspecified atom stereocenters. The fraction of sp³-hybridized carbons (Fsp3) is 0.538. The van der Waals surface area contributed by atoms with Crippen molar-refractivity contribution in [1.82, 2.24) is 0 Å². The summed E-state index contributed by atoms with van der Waals surface area (Å²) >= 11 is 18.2. The van der Waals surface area contributed by atoms with Crippen molar-refractivity contribution >= 4 is 79.6 Å². The molecule has 0 amide bonds. The van der Waals surface area contributed by atoms with E-state index in [1.165, 1.54) is 33.4 Å². The molecule has 0 fully saturated rings. The van der Waals surface area contributed by atoms with E-state index in [0.29, 0.717) is 0 Å². The van der Waals surface area contributed by atoms with Crippen LogP contribution in [-0.2, 0) is 33.1 Å². The summed E-state index contributed by atoms with van der Waals surface area (Å²) in [6, 6.07) is 0. The van der Waals surface area contributed by atoms with Crippen LogP contribution in [0.3, 0.4) is 0 Å². The molecule has 1 rings (SSSR count). The fourth-order valence-electron chi connectivity index (χ4n) is 2.33. The first-order valence-electron chi connectivity index (χ1n) is 5.66. The highest BCUT2D eigenvalue weighted by Gasteiger charge is 2.19. The number of hydrogen-bond donors (Lipinski definition) is 0. The molecule has 0 N–H and O–H groups in total. The van der Waals surface area contributed by atoms with Gasteiger partial charge in [0.25, 0.3) is 0 Å². The van der Waals surface area contributed by atoms with Gasteiger partial charge in [0, 0.05) is 26.7 Å². The Bertz CT molecular complexity index is 294. The topological polar surface area (TPSA) is 0 Å². The van der Waals surface area contributed by atoms with E-state index in [-0.39, 0.29) is 0 Å². The van der Waals surface area contributed by atoms with Crippen LogP contribution in [0.25, 0.3) is 0 Å². The van der Waals surface area contributed by atoms with E-state index >= 15 is 0 Å². The highest BCUT2D eigenvalue weighted by atomic mass is 79.9. The quantitative estimate of drug-likeness (QED) is 0.333. The maximum absolute atomic E-state index is 3.65. The largest absolute Gasteiger partial charge is 0.0876 e. The Morgan fingerprint density at radius 1 is 0.500 bits per heavy atom. The highest BCUT2D eigenvalue weighted by Crippen LogP contribution is 2.35. The Morgan fingerprint density at radius 2 is 0.722 bits per heavy atom. The average molecular weight is 571 g/mol. The first-order valence-corrected chi connectivity index (χ1v) is 11.3. The Kier molecular flexibility index (Phi) is 8.65. The van der Waals surface area contributed by atoms with Crippen molar-refractivity contribution in [3.63, 3.8) is 0 Å². The molecule has 0 spiro atoms. The molecule has 0 radical (unpaired) electrons. The van der Waals surface area contributed by atoms with E-state index in [2.05, 4.69) is 86.6 Å². The number of benzene rings is 1. The van der Waals surface area contributed by atoms with Crippen LogP contribution in [-0.4, -0.2) is 0 Å². The number of halogens is 5. The molecule has 0 aromatic heterocycles. The molecule has 1 aromatic rings. The third kappa shape index (κ3) is 3.44. The summed E-state index contributed by atoms with van der Waals surface area (Å²) in [5.74, 6) is 0. The summed E-state index contributed by atoms with van der Waals surface area (Å²) in [6.45, 7) is 2.23. The van der Waals surface area contributed by atoms with Crippen LogP contribution in [0.5, 0.6) is 0 Å². The number of alkyl halides is 5. The van der Waals surface area contributed by atoms with Gasteiger partial charge in [-0.2, -0.15) is 0 Å². The van der Waals surface area contributed by atoms with Crippen molar-refractivity contribution in [3.05, 3.63) is 33.4 Å². The summed E-state index contributed by atoms with van der Waals surface area (Å²) in [5, 5.41) is 4.55. The second kappa shape index (κ2) is 8.81. The van der Waals surface area contributed by atoms with Crippen LogP contribution in [0, 0.1) is 0 Å². The Labute approximate surface area is 151 Å². The van der Waals surface area contributed by atoms with Crippen LogP contribution >= 0.6 is 79.6 Å². The predicted molar refractivity (Wildman–Crippen MR) is 99.0 cm³/mol. The van der Waals surface area contributed by atoms with Crippen LogP contribution in [0.15, 0.2) is 0 Å². The summed E-state index contributed by atoms with van der Waals surface area (Å²) < 4.78 is 0. The maximum Gasteiger partial charge on any atom is 0.0289 e. The van der Waals surface area contributed by atoms with Gasteiger partial charge in [0.15, 0.2) is 0 Å². The van der Waals surface area contributed by atoms with Gasteiger partial charge >= 0.3 is 0 Å². The van der Waals surface area contributed by atoms with Gasteiger partial charge in [-0.05, 0) is 39.8 Å². The molecule has 18 heavy (non-hydrogen) atoms. The first-order chi connectivity index (χ1) is 8.69. The molecule has 0 bridgehead atoms. The zero-order valence-electron chi connectivity index (χ0n) is 10.1. The molecule has 0 aliphatic heterocycles. The lowest BCUT2D eigenvalue weighted by molar-refractivity contribution is 1.02. The summed E-state index contributed by atoms with van der Waals surface area (Å²) in [7, 11) is 0. The molecule has 0 atom stereocenters. The highest BCUT2D eigenvalue weighted by molar-refractivity contribution is 9.09. The lowest BCUT2D eigenvalue weighted by Crippen LogP contribution is -2.09. The van der Waals surface area contributed by atoms with Gasteiger partial charge in [0.05, 0.1) is 0 Å². The molecular formula is C13H15Br5. The van der Waals surface area contributed by atoms with Gasteiger partial charge in [0.1, 0.15) is 0 Å². The Morgan fingerprint density at radius 3 is 0.889 bits per heavy atom. The van der Waals surface area contributed by atoms with Gasteiger partial charge in [-0.25, -0.2) is 0 Å². The molecule has 102 valence electrons. The zero-order chi connectivity index (χ0) is 13.7. The van der Waals surface area contributed by atoms with E-state index in [4.69, 9.17) is 0 Å². The second-order valence-corrected chi connectivity index (χ2v) is 6.70. The molecule has 0 aliphatic carbocycles. The number of hydrogen-bond acceptors (Lipinski definition) is 0. The lowest BCUT2D eigenvalue weighted by atomic mass is 9.88. The fourth-order valence-corrected chi connectivity index (χ4v) is 5.71. The van der Waals surface area contributed by atoms with Crippen LogP contribution in [0.2, 0.25) is 0 Å². The van der Waals surface area contributed by atoms with E-state index in [1.54, 1.807) is 0 Å². The van der Waals surface area contributed by atoms with Crippen molar-refractivity contribution < 1.29 is 0 Å². The van der Waals surface area contributed by atoms with E-state index < -0.39 is 0 Å². The monoisotopic (exact) mass is 566 g/mol. The van der Waals surface area contributed by atoms with Crippen LogP contribution < -0.4 is 0 Å². The molecule has 5 heteroatoms. The molecule has 0 heterocycles. The smallest absolute Gasteiger partial charge is 0.0289 e. The average Bonchev–Trinajstić information content (AvgIpc) is 2.43. The Balaban J connectivity index is 3.71. The SMILES string of the molecule is CCc1c(CBr)c(CBr)c(CBr)c(CBr)c1CBr. The minimum absolute atomic E-state index is 0.902. The van der Waals surface area contributed by atoms with Gasteiger partial charge in [-0.15, -0.1) is 0 Å². The van der Waals surface area contributed by atoms with Gasteiger partial charge in [0.2, 0.25) is 0 Å². The third-order valence-corrected chi connectivity index (χ3v) is 6.01. The van der Waals surface area contributed by atoms with Crippen LogP contribution in [0.1, 0.15) is 40.3 Å². The Hall–Kier alpha value is 1.62. The normalized spacial score (nSPS) is 11.0. The zero-order valence-corrected chi connectivity index (χ0v) is 18.1.